The summed E-state index contributed by atoms with van der Waals surface area (Å²) in [6.07, 6.45) is 3.37. The van der Waals surface area contributed by atoms with E-state index < -0.39 is 0 Å². The van der Waals surface area contributed by atoms with E-state index in [4.69, 9.17) is 4.52 Å². The number of hydrogen-bond donors (Lipinski definition) is 1. The first-order valence-electron chi connectivity index (χ1n) is 8.92. The Morgan fingerprint density at radius 2 is 2.19 bits per heavy atom. The van der Waals surface area contributed by atoms with Gasteiger partial charge in [0.15, 0.2) is 11.3 Å². The Kier molecular flexibility index (Phi) is 4.10. The molecule has 8 heteroatoms. The molecule has 1 N–H and O–H groups in total. The third-order valence-corrected chi connectivity index (χ3v) is 4.83. The molecule has 0 aliphatic carbocycles. The van der Waals surface area contributed by atoms with Crippen LogP contribution in [0.2, 0.25) is 0 Å². The van der Waals surface area contributed by atoms with Crippen LogP contribution in [-0.4, -0.2) is 37.1 Å². The SMILES string of the molecule is CCc1cc(C(=O)N2CCCC[C@H]2c2cc(=O)n3[nH]c(C)cc3n2)no1. The van der Waals surface area contributed by atoms with Gasteiger partial charge in [-0.15, -0.1) is 0 Å². The fourth-order valence-electron chi connectivity index (χ4n) is 3.51. The van der Waals surface area contributed by atoms with E-state index in [-0.39, 0.29) is 17.5 Å². The van der Waals surface area contributed by atoms with Gasteiger partial charge in [0.05, 0.1) is 11.7 Å². The van der Waals surface area contributed by atoms with Crippen LogP contribution >= 0.6 is 0 Å². The minimum absolute atomic E-state index is 0.175. The number of amides is 1. The van der Waals surface area contributed by atoms with Gasteiger partial charge >= 0.3 is 0 Å². The highest BCUT2D eigenvalue weighted by molar-refractivity contribution is 5.92. The summed E-state index contributed by atoms with van der Waals surface area (Å²) < 4.78 is 6.59. The second kappa shape index (κ2) is 6.44. The molecule has 0 spiro atoms. The maximum atomic E-state index is 13.0. The van der Waals surface area contributed by atoms with Gasteiger partial charge in [0.2, 0.25) is 0 Å². The average Bonchev–Trinajstić information content (AvgIpc) is 3.27. The summed E-state index contributed by atoms with van der Waals surface area (Å²) in [5.74, 6) is 0.507. The number of nitrogens with one attached hydrogen (secondary N) is 1. The van der Waals surface area contributed by atoms with Crippen molar-refractivity contribution in [2.24, 2.45) is 0 Å². The second-order valence-corrected chi connectivity index (χ2v) is 6.69. The average molecular weight is 355 g/mol. The molecule has 0 radical (unpaired) electrons. The molecule has 1 fully saturated rings. The molecule has 1 saturated heterocycles. The van der Waals surface area contributed by atoms with Crippen molar-refractivity contribution in [2.75, 3.05) is 6.54 Å². The van der Waals surface area contributed by atoms with Crippen LogP contribution in [-0.2, 0) is 6.42 Å². The van der Waals surface area contributed by atoms with Crippen molar-refractivity contribution < 1.29 is 9.32 Å². The smallest absolute Gasteiger partial charge is 0.276 e. The van der Waals surface area contributed by atoms with Gasteiger partial charge in [-0.25, -0.2) is 9.50 Å². The zero-order valence-electron chi connectivity index (χ0n) is 14.9. The van der Waals surface area contributed by atoms with Crippen LogP contribution in [0, 0.1) is 6.92 Å². The molecule has 136 valence electrons. The molecule has 3 aromatic rings. The summed E-state index contributed by atoms with van der Waals surface area (Å²) in [6, 6.07) is 4.80. The maximum Gasteiger partial charge on any atom is 0.276 e. The fourth-order valence-corrected chi connectivity index (χ4v) is 3.51. The standard InChI is InChI=1S/C18H21N5O3/c1-3-12-9-14(21-26-12)18(25)22-7-5-4-6-15(22)13-10-17(24)23-16(19-13)8-11(2)20-23/h8-10,15,20H,3-7H2,1-2H3/t15-/m0/s1. The van der Waals surface area contributed by atoms with Crippen molar-refractivity contribution in [3.63, 3.8) is 0 Å². The Morgan fingerprint density at radius 1 is 1.35 bits per heavy atom. The number of carbonyl (C=O) groups is 1. The van der Waals surface area contributed by atoms with Gasteiger partial charge in [0, 0.05) is 36.9 Å². The summed E-state index contributed by atoms with van der Waals surface area (Å²) in [5, 5.41) is 6.87. The van der Waals surface area contributed by atoms with E-state index in [1.54, 1.807) is 11.0 Å². The first kappa shape index (κ1) is 16.6. The Balaban J connectivity index is 1.71. The predicted octanol–water partition coefficient (Wildman–Crippen LogP) is 2.25. The summed E-state index contributed by atoms with van der Waals surface area (Å²) in [6.45, 7) is 4.44. The van der Waals surface area contributed by atoms with E-state index in [9.17, 15) is 9.59 Å². The largest absolute Gasteiger partial charge is 0.361 e. The quantitative estimate of drug-likeness (QED) is 0.777. The van der Waals surface area contributed by atoms with Crippen LogP contribution in [0.15, 0.2) is 27.5 Å². The third kappa shape index (κ3) is 2.81. The number of aryl methyl sites for hydroxylation is 2. The lowest BCUT2D eigenvalue weighted by molar-refractivity contribution is 0.0595. The molecule has 0 unspecified atom stereocenters. The molecule has 8 nitrogen and oxygen atoms in total. The number of hydrogen-bond acceptors (Lipinski definition) is 5. The highest BCUT2D eigenvalue weighted by Gasteiger charge is 2.31. The molecule has 26 heavy (non-hydrogen) atoms. The van der Waals surface area contributed by atoms with Crippen LogP contribution in [0.4, 0.5) is 0 Å². The van der Waals surface area contributed by atoms with Gasteiger partial charge in [0.25, 0.3) is 11.5 Å². The molecule has 4 heterocycles. The number of carbonyl (C=O) groups excluding carboxylic acids is 1. The Hall–Kier alpha value is -2.90. The van der Waals surface area contributed by atoms with E-state index in [1.165, 1.54) is 10.6 Å². The van der Waals surface area contributed by atoms with Gasteiger partial charge in [0.1, 0.15) is 5.76 Å². The zero-order valence-corrected chi connectivity index (χ0v) is 14.9. The van der Waals surface area contributed by atoms with E-state index in [2.05, 4.69) is 15.2 Å². The van der Waals surface area contributed by atoms with Gasteiger partial charge in [-0.2, -0.15) is 0 Å². The summed E-state index contributed by atoms with van der Waals surface area (Å²) >= 11 is 0. The number of likely N-dealkylation sites (tertiary alicyclic amines) is 1. The first-order chi connectivity index (χ1) is 12.6. The fraction of sp³-hybridized carbons (Fsp3) is 0.444. The number of aromatic nitrogens is 4. The van der Waals surface area contributed by atoms with Crippen molar-refractivity contribution in [3.05, 3.63) is 51.4 Å². The molecule has 1 atom stereocenters. The lowest BCUT2D eigenvalue weighted by atomic mass is 9.98. The van der Waals surface area contributed by atoms with Gasteiger partial charge in [-0.05, 0) is 26.2 Å². The lowest BCUT2D eigenvalue weighted by Gasteiger charge is -2.34. The molecule has 0 bridgehead atoms. The van der Waals surface area contributed by atoms with Crippen LogP contribution < -0.4 is 5.56 Å². The van der Waals surface area contributed by atoms with Gasteiger partial charge in [-0.3, -0.25) is 14.7 Å². The topological polar surface area (TPSA) is 96.5 Å². The normalized spacial score (nSPS) is 17.8. The number of aromatic amines is 1. The number of rotatable bonds is 3. The third-order valence-electron chi connectivity index (χ3n) is 4.83. The molecule has 3 aromatic heterocycles. The molecule has 1 aliphatic rings. The van der Waals surface area contributed by atoms with E-state index in [1.807, 2.05) is 19.9 Å². The molecular weight excluding hydrogens is 334 g/mol. The van der Waals surface area contributed by atoms with Gasteiger partial charge < -0.3 is 9.42 Å². The van der Waals surface area contributed by atoms with Crippen LogP contribution in [0.1, 0.15) is 59.9 Å². The van der Waals surface area contributed by atoms with Crippen LogP contribution in [0.5, 0.6) is 0 Å². The van der Waals surface area contributed by atoms with Crippen molar-refractivity contribution in [1.29, 1.82) is 0 Å². The van der Waals surface area contributed by atoms with Gasteiger partial charge in [-0.1, -0.05) is 12.1 Å². The minimum Gasteiger partial charge on any atom is -0.361 e. The first-order valence-corrected chi connectivity index (χ1v) is 8.92. The monoisotopic (exact) mass is 355 g/mol. The van der Waals surface area contributed by atoms with Crippen LogP contribution in [0.25, 0.3) is 5.65 Å². The summed E-state index contributed by atoms with van der Waals surface area (Å²) in [5.41, 5.74) is 2.19. The Labute approximate surface area is 149 Å². The number of fused-ring (bicyclic) bond motifs is 1. The molecular formula is C18H21N5O3. The van der Waals surface area contributed by atoms with E-state index >= 15 is 0 Å². The highest BCUT2D eigenvalue weighted by Crippen LogP contribution is 2.31. The second-order valence-electron chi connectivity index (χ2n) is 6.69. The predicted molar refractivity (Wildman–Crippen MR) is 94.1 cm³/mol. The highest BCUT2D eigenvalue weighted by atomic mass is 16.5. The summed E-state index contributed by atoms with van der Waals surface area (Å²) in [4.78, 5) is 31.7. The van der Waals surface area contributed by atoms with E-state index in [0.717, 1.165) is 25.0 Å². The zero-order chi connectivity index (χ0) is 18.3. The minimum atomic E-state index is -0.231. The van der Waals surface area contributed by atoms with Crippen molar-refractivity contribution in [2.45, 2.75) is 45.6 Å². The van der Waals surface area contributed by atoms with Crippen molar-refractivity contribution >= 4 is 11.6 Å². The molecule has 1 aliphatic heterocycles. The Morgan fingerprint density at radius 3 is 2.96 bits per heavy atom. The molecule has 0 aromatic carbocycles. The van der Waals surface area contributed by atoms with Crippen molar-refractivity contribution in [3.8, 4) is 0 Å². The molecule has 1 amide bonds. The number of H-pyrrole nitrogens is 1. The molecule has 0 saturated carbocycles. The summed E-state index contributed by atoms with van der Waals surface area (Å²) in [7, 11) is 0. The number of nitrogens with zero attached hydrogens (tertiary/aromatic N) is 4. The number of piperidine rings is 1. The van der Waals surface area contributed by atoms with E-state index in [0.29, 0.717) is 35.8 Å². The lowest BCUT2D eigenvalue weighted by Crippen LogP contribution is -2.39. The van der Waals surface area contributed by atoms with Crippen LogP contribution in [0.3, 0.4) is 0 Å². The van der Waals surface area contributed by atoms with Crippen molar-refractivity contribution in [1.82, 2.24) is 24.7 Å². The Bertz CT molecular complexity index is 1020. The maximum absolute atomic E-state index is 13.0. The molecule has 4 rings (SSSR count).